The van der Waals surface area contributed by atoms with E-state index in [1.807, 2.05) is 29.2 Å². The van der Waals surface area contributed by atoms with Gasteiger partial charge in [0.05, 0.1) is 14.7 Å². The summed E-state index contributed by atoms with van der Waals surface area (Å²) in [7, 11) is 0. The van der Waals surface area contributed by atoms with Crippen LogP contribution in [0.5, 0.6) is 11.5 Å². The second-order valence-electron chi connectivity index (χ2n) is 6.89. The molecule has 2 aromatic rings. The van der Waals surface area contributed by atoms with Gasteiger partial charge in [-0.15, -0.1) is 11.3 Å². The first-order chi connectivity index (χ1) is 13.5. The van der Waals surface area contributed by atoms with Crippen molar-refractivity contribution in [2.24, 2.45) is 0 Å². The molecule has 2 amide bonds. The molecule has 1 N–H and O–H groups in total. The highest BCUT2D eigenvalue weighted by Gasteiger charge is 2.33. The SMILES string of the molecule is CC(NC(=O)c1ccc(Br)s1)C(=O)N1CCCC1c1ccc2c(c1)OCCO2. The van der Waals surface area contributed by atoms with E-state index in [4.69, 9.17) is 9.47 Å². The second kappa shape index (κ2) is 8.13. The summed E-state index contributed by atoms with van der Waals surface area (Å²) in [5, 5.41) is 2.82. The molecule has 28 heavy (non-hydrogen) atoms. The van der Waals surface area contributed by atoms with Crippen molar-refractivity contribution in [3.05, 3.63) is 44.6 Å². The summed E-state index contributed by atoms with van der Waals surface area (Å²) in [6, 6.07) is 8.84. The Labute approximate surface area is 175 Å². The molecule has 1 aromatic carbocycles. The number of carbonyl (C=O) groups is 2. The molecule has 1 aromatic heterocycles. The number of amides is 2. The van der Waals surface area contributed by atoms with Crippen molar-refractivity contribution < 1.29 is 19.1 Å². The van der Waals surface area contributed by atoms with E-state index in [9.17, 15) is 9.59 Å². The summed E-state index contributed by atoms with van der Waals surface area (Å²) in [5.74, 6) is 1.18. The Balaban J connectivity index is 1.46. The summed E-state index contributed by atoms with van der Waals surface area (Å²) in [5.41, 5.74) is 1.04. The number of rotatable bonds is 4. The van der Waals surface area contributed by atoms with Crippen LogP contribution in [0.1, 0.15) is 41.0 Å². The molecular formula is C20H21BrN2O4S. The normalized spacial score (nSPS) is 19.4. The van der Waals surface area contributed by atoms with E-state index in [0.717, 1.165) is 33.7 Å². The van der Waals surface area contributed by atoms with Crippen molar-refractivity contribution in [1.29, 1.82) is 0 Å². The standard InChI is InChI=1S/C20H21BrN2O4S/c1-12(22-19(24)17-6-7-18(21)28-17)20(25)23-8-2-3-14(23)13-4-5-15-16(11-13)27-10-9-26-15/h4-7,11-12,14H,2-3,8-10H2,1H3,(H,22,24). The number of hydrogen-bond acceptors (Lipinski definition) is 5. The minimum absolute atomic E-state index is 0.0152. The first-order valence-corrected chi connectivity index (χ1v) is 10.9. The van der Waals surface area contributed by atoms with Crippen molar-refractivity contribution in [2.75, 3.05) is 19.8 Å². The Kier molecular flexibility index (Phi) is 5.59. The Morgan fingerprint density at radius 3 is 2.75 bits per heavy atom. The fraction of sp³-hybridized carbons (Fsp3) is 0.400. The Morgan fingerprint density at radius 1 is 1.21 bits per heavy atom. The topological polar surface area (TPSA) is 67.9 Å². The molecule has 1 fully saturated rings. The molecule has 0 saturated carbocycles. The van der Waals surface area contributed by atoms with Gasteiger partial charge in [-0.05, 0) is 65.5 Å². The summed E-state index contributed by atoms with van der Waals surface area (Å²) >= 11 is 4.70. The summed E-state index contributed by atoms with van der Waals surface area (Å²) < 4.78 is 12.2. The lowest BCUT2D eigenvalue weighted by Gasteiger charge is -2.29. The third-order valence-electron chi connectivity index (χ3n) is 5.00. The molecular weight excluding hydrogens is 444 g/mol. The largest absolute Gasteiger partial charge is 0.486 e. The number of likely N-dealkylation sites (tertiary alicyclic amines) is 1. The highest BCUT2D eigenvalue weighted by Crippen LogP contribution is 2.38. The second-order valence-corrected chi connectivity index (χ2v) is 9.35. The quantitative estimate of drug-likeness (QED) is 0.747. The molecule has 2 aliphatic rings. The summed E-state index contributed by atoms with van der Waals surface area (Å²) in [4.78, 5) is 27.9. The molecule has 148 valence electrons. The van der Waals surface area contributed by atoms with E-state index in [1.54, 1.807) is 13.0 Å². The molecule has 0 aliphatic carbocycles. The van der Waals surface area contributed by atoms with Crippen molar-refractivity contribution in [3.63, 3.8) is 0 Å². The van der Waals surface area contributed by atoms with E-state index in [-0.39, 0.29) is 17.9 Å². The predicted molar refractivity (Wildman–Crippen MR) is 110 cm³/mol. The van der Waals surface area contributed by atoms with Gasteiger partial charge in [-0.25, -0.2) is 0 Å². The van der Waals surface area contributed by atoms with Crippen LogP contribution in [0.2, 0.25) is 0 Å². The number of nitrogens with zero attached hydrogens (tertiary/aromatic N) is 1. The lowest BCUT2D eigenvalue weighted by Crippen LogP contribution is -2.46. The maximum absolute atomic E-state index is 13.0. The Bertz CT molecular complexity index is 900. The zero-order valence-electron chi connectivity index (χ0n) is 15.4. The van der Waals surface area contributed by atoms with Gasteiger partial charge in [0.2, 0.25) is 5.91 Å². The number of hydrogen-bond donors (Lipinski definition) is 1. The van der Waals surface area contributed by atoms with Crippen molar-refractivity contribution >= 4 is 39.1 Å². The number of nitrogens with one attached hydrogen (secondary N) is 1. The number of thiophene rings is 1. The van der Waals surface area contributed by atoms with Crippen LogP contribution in [-0.2, 0) is 4.79 Å². The molecule has 0 bridgehead atoms. The number of fused-ring (bicyclic) bond motifs is 1. The van der Waals surface area contributed by atoms with Crippen molar-refractivity contribution in [2.45, 2.75) is 31.8 Å². The van der Waals surface area contributed by atoms with E-state index in [2.05, 4.69) is 21.2 Å². The Morgan fingerprint density at radius 2 is 2.00 bits per heavy atom. The average molecular weight is 465 g/mol. The van der Waals surface area contributed by atoms with Gasteiger partial charge in [-0.2, -0.15) is 0 Å². The van der Waals surface area contributed by atoms with E-state index >= 15 is 0 Å². The van der Waals surface area contributed by atoms with Crippen molar-refractivity contribution in [3.8, 4) is 11.5 Å². The molecule has 8 heteroatoms. The van der Waals surface area contributed by atoms with Crippen LogP contribution in [0.15, 0.2) is 34.1 Å². The van der Waals surface area contributed by atoms with Gasteiger partial charge in [-0.1, -0.05) is 6.07 Å². The molecule has 0 spiro atoms. The number of halogens is 1. The van der Waals surface area contributed by atoms with Crippen molar-refractivity contribution in [1.82, 2.24) is 10.2 Å². The molecule has 1 saturated heterocycles. The molecule has 2 unspecified atom stereocenters. The lowest BCUT2D eigenvalue weighted by molar-refractivity contribution is -0.133. The smallest absolute Gasteiger partial charge is 0.262 e. The fourth-order valence-corrected chi connectivity index (χ4v) is 4.95. The van der Waals surface area contributed by atoms with E-state index in [0.29, 0.717) is 24.6 Å². The van der Waals surface area contributed by atoms with Crippen LogP contribution in [-0.4, -0.2) is 42.5 Å². The maximum Gasteiger partial charge on any atom is 0.262 e. The molecule has 6 nitrogen and oxygen atoms in total. The van der Waals surface area contributed by atoms with Crippen LogP contribution >= 0.6 is 27.3 Å². The first-order valence-electron chi connectivity index (χ1n) is 9.29. The van der Waals surface area contributed by atoms with Gasteiger partial charge in [0, 0.05) is 6.54 Å². The van der Waals surface area contributed by atoms with Gasteiger partial charge in [0.15, 0.2) is 11.5 Å². The van der Waals surface area contributed by atoms with Gasteiger partial charge < -0.3 is 19.7 Å². The highest BCUT2D eigenvalue weighted by molar-refractivity contribution is 9.11. The predicted octanol–water partition coefficient (Wildman–Crippen LogP) is 3.76. The van der Waals surface area contributed by atoms with E-state index < -0.39 is 6.04 Å². The lowest BCUT2D eigenvalue weighted by atomic mass is 10.0. The van der Waals surface area contributed by atoms with Gasteiger partial charge >= 0.3 is 0 Å². The molecule has 0 radical (unpaired) electrons. The third-order valence-corrected chi connectivity index (χ3v) is 6.62. The fourth-order valence-electron chi connectivity index (χ4n) is 3.66. The summed E-state index contributed by atoms with van der Waals surface area (Å²) in [6.45, 7) is 3.51. The minimum atomic E-state index is -0.591. The zero-order valence-corrected chi connectivity index (χ0v) is 17.8. The number of benzene rings is 1. The molecule has 2 aliphatic heterocycles. The van der Waals surface area contributed by atoms with Crippen LogP contribution in [0, 0.1) is 0 Å². The van der Waals surface area contributed by atoms with Gasteiger partial charge in [-0.3, -0.25) is 9.59 Å². The van der Waals surface area contributed by atoms with Crippen LogP contribution in [0.25, 0.3) is 0 Å². The highest BCUT2D eigenvalue weighted by atomic mass is 79.9. The molecule has 4 rings (SSSR count). The number of carbonyl (C=O) groups excluding carboxylic acids is 2. The van der Waals surface area contributed by atoms with Crippen LogP contribution in [0.4, 0.5) is 0 Å². The summed E-state index contributed by atoms with van der Waals surface area (Å²) in [6.07, 6.45) is 1.83. The first kappa shape index (κ1) is 19.3. The molecule has 3 heterocycles. The average Bonchev–Trinajstić information content (AvgIpc) is 3.36. The minimum Gasteiger partial charge on any atom is -0.486 e. The van der Waals surface area contributed by atoms with Crippen LogP contribution < -0.4 is 14.8 Å². The van der Waals surface area contributed by atoms with Crippen LogP contribution in [0.3, 0.4) is 0 Å². The maximum atomic E-state index is 13.0. The molecule has 2 atom stereocenters. The van der Waals surface area contributed by atoms with E-state index in [1.165, 1.54) is 11.3 Å². The number of ether oxygens (including phenoxy) is 2. The van der Waals surface area contributed by atoms with Gasteiger partial charge in [0.1, 0.15) is 19.3 Å². The zero-order chi connectivity index (χ0) is 19.7. The Hall–Kier alpha value is -2.06. The monoisotopic (exact) mass is 464 g/mol. The third kappa shape index (κ3) is 3.89. The van der Waals surface area contributed by atoms with Gasteiger partial charge in [0.25, 0.3) is 5.91 Å².